The molecule has 2 unspecified atom stereocenters. The maximum atomic E-state index is 5.94. The molecule has 1 aromatic carbocycles. The first-order valence-corrected chi connectivity index (χ1v) is 7.79. The van der Waals surface area contributed by atoms with Gasteiger partial charge >= 0.3 is 0 Å². The first-order valence-electron chi connectivity index (χ1n) is 7.79. The van der Waals surface area contributed by atoms with Crippen LogP contribution in [0.1, 0.15) is 25.3 Å². The van der Waals surface area contributed by atoms with Gasteiger partial charge in [-0.25, -0.2) is 4.68 Å². The summed E-state index contributed by atoms with van der Waals surface area (Å²) in [6.07, 6.45) is 6.58. The average Bonchev–Trinajstić information content (AvgIpc) is 2.98. The van der Waals surface area contributed by atoms with E-state index in [0.717, 1.165) is 31.2 Å². The van der Waals surface area contributed by atoms with Crippen LogP contribution in [0, 0.1) is 5.92 Å². The Morgan fingerprint density at radius 1 is 1.27 bits per heavy atom. The van der Waals surface area contributed by atoms with Crippen LogP contribution in [0.4, 0.5) is 0 Å². The Labute approximate surface area is 138 Å². The summed E-state index contributed by atoms with van der Waals surface area (Å²) in [6, 6.07) is 10.7. The zero-order valence-corrected chi connectivity index (χ0v) is 13.9. The zero-order valence-electron chi connectivity index (χ0n) is 13.1. The number of hydrogen-bond donors (Lipinski definition) is 1. The molecule has 2 aromatic rings. The van der Waals surface area contributed by atoms with Crippen molar-refractivity contribution in [1.29, 1.82) is 0 Å². The van der Waals surface area contributed by atoms with E-state index in [4.69, 9.17) is 5.73 Å². The van der Waals surface area contributed by atoms with Gasteiger partial charge in [-0.1, -0.05) is 25.1 Å². The van der Waals surface area contributed by atoms with Gasteiger partial charge in [-0.15, -0.1) is 12.4 Å². The predicted molar refractivity (Wildman–Crippen MR) is 92.5 cm³/mol. The molecule has 0 radical (unpaired) electrons. The Bertz CT molecular complexity index is 569. The van der Waals surface area contributed by atoms with Crippen molar-refractivity contribution < 1.29 is 0 Å². The van der Waals surface area contributed by atoms with E-state index in [2.05, 4.69) is 35.3 Å². The lowest BCUT2D eigenvalue weighted by atomic mass is 9.92. The van der Waals surface area contributed by atoms with Gasteiger partial charge in [0, 0.05) is 30.9 Å². The summed E-state index contributed by atoms with van der Waals surface area (Å²) in [4.78, 5) is 2.51. The van der Waals surface area contributed by atoms with Crippen molar-refractivity contribution in [2.24, 2.45) is 11.7 Å². The molecule has 0 aliphatic carbocycles. The van der Waals surface area contributed by atoms with E-state index in [0.29, 0.717) is 6.04 Å². The second-order valence-electron chi connectivity index (χ2n) is 6.12. The minimum Gasteiger partial charge on any atom is -0.329 e. The third-order valence-electron chi connectivity index (χ3n) is 4.41. The SMILES string of the molecule is CC1CCN(Cc2cnn(-c3ccccc3)c2)C(CN)C1.Cl. The molecular formula is C17H25ClN4. The Morgan fingerprint density at radius 2 is 2.05 bits per heavy atom. The van der Waals surface area contributed by atoms with Gasteiger partial charge in [0.2, 0.25) is 0 Å². The molecule has 22 heavy (non-hydrogen) atoms. The highest BCUT2D eigenvalue weighted by molar-refractivity contribution is 5.85. The van der Waals surface area contributed by atoms with Crippen LogP contribution in [0.2, 0.25) is 0 Å². The topological polar surface area (TPSA) is 47.1 Å². The normalized spacial score (nSPS) is 22.3. The molecule has 2 N–H and O–H groups in total. The van der Waals surface area contributed by atoms with Crippen molar-refractivity contribution in [3.05, 3.63) is 48.3 Å². The summed E-state index contributed by atoms with van der Waals surface area (Å²) >= 11 is 0. The summed E-state index contributed by atoms with van der Waals surface area (Å²) in [5.41, 5.74) is 8.30. The monoisotopic (exact) mass is 320 g/mol. The van der Waals surface area contributed by atoms with Crippen molar-refractivity contribution in [1.82, 2.24) is 14.7 Å². The minimum atomic E-state index is 0. The van der Waals surface area contributed by atoms with Gasteiger partial charge < -0.3 is 5.73 Å². The van der Waals surface area contributed by atoms with Crippen molar-refractivity contribution in [2.45, 2.75) is 32.4 Å². The van der Waals surface area contributed by atoms with Crippen molar-refractivity contribution in [2.75, 3.05) is 13.1 Å². The molecule has 1 aliphatic rings. The van der Waals surface area contributed by atoms with Crippen molar-refractivity contribution >= 4 is 12.4 Å². The van der Waals surface area contributed by atoms with E-state index in [1.54, 1.807) is 0 Å². The Morgan fingerprint density at radius 3 is 2.77 bits per heavy atom. The highest BCUT2D eigenvalue weighted by Crippen LogP contribution is 2.23. The molecular weight excluding hydrogens is 296 g/mol. The van der Waals surface area contributed by atoms with Crippen LogP contribution in [0.3, 0.4) is 0 Å². The van der Waals surface area contributed by atoms with Gasteiger partial charge in [-0.3, -0.25) is 4.90 Å². The zero-order chi connectivity index (χ0) is 14.7. The van der Waals surface area contributed by atoms with E-state index in [1.807, 2.05) is 29.1 Å². The average molecular weight is 321 g/mol. The molecule has 0 spiro atoms. The van der Waals surface area contributed by atoms with Gasteiger partial charge in [0.25, 0.3) is 0 Å². The van der Waals surface area contributed by atoms with Gasteiger partial charge in [-0.2, -0.15) is 5.10 Å². The molecule has 0 saturated carbocycles. The number of likely N-dealkylation sites (tertiary alicyclic amines) is 1. The van der Waals surface area contributed by atoms with Gasteiger partial charge in [0.05, 0.1) is 11.9 Å². The van der Waals surface area contributed by atoms with E-state index >= 15 is 0 Å². The quantitative estimate of drug-likeness (QED) is 0.942. The van der Waals surface area contributed by atoms with Crippen LogP contribution in [0.25, 0.3) is 5.69 Å². The standard InChI is InChI=1S/C17H24N4.ClH/c1-14-7-8-20(17(9-14)10-18)12-15-11-19-21(13-15)16-5-3-2-4-6-16;/h2-6,11,13-14,17H,7-10,12,18H2,1H3;1H. The smallest absolute Gasteiger partial charge is 0.0645 e. The lowest BCUT2D eigenvalue weighted by Crippen LogP contribution is -2.45. The molecule has 1 aliphatic heterocycles. The van der Waals surface area contributed by atoms with Gasteiger partial charge in [0.1, 0.15) is 0 Å². The summed E-state index contributed by atoms with van der Waals surface area (Å²) in [5.74, 6) is 0.793. The van der Waals surface area contributed by atoms with E-state index in [-0.39, 0.29) is 12.4 Å². The molecule has 0 bridgehead atoms. The third-order valence-corrected chi connectivity index (χ3v) is 4.41. The highest BCUT2D eigenvalue weighted by atomic mass is 35.5. The van der Waals surface area contributed by atoms with Crippen LogP contribution in [-0.2, 0) is 6.54 Å². The maximum absolute atomic E-state index is 5.94. The van der Waals surface area contributed by atoms with E-state index in [9.17, 15) is 0 Å². The number of nitrogens with two attached hydrogens (primary N) is 1. The number of hydrogen-bond acceptors (Lipinski definition) is 3. The molecule has 2 atom stereocenters. The number of aromatic nitrogens is 2. The van der Waals surface area contributed by atoms with Crippen LogP contribution in [0.5, 0.6) is 0 Å². The minimum absolute atomic E-state index is 0. The van der Waals surface area contributed by atoms with Crippen LogP contribution < -0.4 is 5.73 Å². The summed E-state index contributed by atoms with van der Waals surface area (Å²) in [5, 5.41) is 4.48. The summed E-state index contributed by atoms with van der Waals surface area (Å²) in [6.45, 7) is 5.16. The van der Waals surface area contributed by atoms with Crippen LogP contribution in [0.15, 0.2) is 42.7 Å². The Hall–Kier alpha value is -1.36. The number of halogens is 1. The van der Waals surface area contributed by atoms with E-state index in [1.165, 1.54) is 18.4 Å². The van der Waals surface area contributed by atoms with Crippen LogP contribution >= 0.6 is 12.4 Å². The van der Waals surface area contributed by atoms with Gasteiger partial charge in [-0.05, 0) is 37.4 Å². The fraction of sp³-hybridized carbons (Fsp3) is 0.471. The lowest BCUT2D eigenvalue weighted by Gasteiger charge is -2.37. The molecule has 4 nitrogen and oxygen atoms in total. The largest absolute Gasteiger partial charge is 0.329 e. The first-order chi connectivity index (χ1) is 10.3. The number of nitrogens with zero attached hydrogens (tertiary/aromatic N) is 3. The number of para-hydroxylation sites is 1. The van der Waals surface area contributed by atoms with E-state index < -0.39 is 0 Å². The summed E-state index contributed by atoms with van der Waals surface area (Å²) < 4.78 is 1.94. The van der Waals surface area contributed by atoms with Gasteiger partial charge in [0.15, 0.2) is 0 Å². The number of benzene rings is 1. The molecule has 2 heterocycles. The van der Waals surface area contributed by atoms with Crippen molar-refractivity contribution in [3.8, 4) is 5.69 Å². The second kappa shape index (κ2) is 7.77. The molecule has 5 heteroatoms. The third kappa shape index (κ3) is 3.88. The number of piperidine rings is 1. The van der Waals surface area contributed by atoms with Crippen molar-refractivity contribution in [3.63, 3.8) is 0 Å². The lowest BCUT2D eigenvalue weighted by molar-refractivity contribution is 0.115. The molecule has 120 valence electrons. The maximum Gasteiger partial charge on any atom is 0.0645 e. The fourth-order valence-electron chi connectivity index (χ4n) is 3.15. The molecule has 3 rings (SSSR count). The summed E-state index contributed by atoms with van der Waals surface area (Å²) in [7, 11) is 0. The highest BCUT2D eigenvalue weighted by Gasteiger charge is 2.25. The second-order valence-corrected chi connectivity index (χ2v) is 6.12. The van der Waals surface area contributed by atoms with Crippen LogP contribution in [-0.4, -0.2) is 33.8 Å². The first kappa shape index (κ1) is 17.0. The molecule has 1 saturated heterocycles. The molecule has 0 amide bonds. The Balaban J connectivity index is 0.00000176. The predicted octanol–water partition coefficient (Wildman–Crippen LogP) is 2.85. The molecule has 1 aromatic heterocycles. The molecule has 1 fully saturated rings. The number of rotatable bonds is 4. The Kier molecular flexibility index (Phi) is 6.00. The fourth-order valence-corrected chi connectivity index (χ4v) is 3.15.